The van der Waals surface area contributed by atoms with Gasteiger partial charge in [-0.05, 0) is 44.0 Å². The van der Waals surface area contributed by atoms with Crippen LogP contribution in [-0.2, 0) is 5.75 Å². The van der Waals surface area contributed by atoms with Crippen LogP contribution in [0.25, 0.3) is 0 Å². The van der Waals surface area contributed by atoms with E-state index < -0.39 is 0 Å². The topological polar surface area (TPSA) is 49.8 Å². The lowest BCUT2D eigenvalue weighted by Gasteiger charge is -2.03. The first-order valence-corrected chi connectivity index (χ1v) is 6.65. The number of benzene rings is 1. The Labute approximate surface area is 111 Å². The summed E-state index contributed by atoms with van der Waals surface area (Å²) in [6.45, 7) is 5.87. The second-order valence-corrected chi connectivity index (χ2v) is 5.09. The van der Waals surface area contributed by atoms with Gasteiger partial charge in [-0.3, -0.25) is 0 Å². The molecule has 0 bridgehead atoms. The van der Waals surface area contributed by atoms with Gasteiger partial charge >= 0.3 is 0 Å². The van der Waals surface area contributed by atoms with Crippen LogP contribution in [0.1, 0.15) is 28.1 Å². The molecule has 92 valence electrons. The maximum atomic E-state index is 8.81. The van der Waals surface area contributed by atoms with Crippen molar-refractivity contribution < 1.29 is 4.42 Å². The number of nitriles is 1. The number of rotatable bonds is 3. The summed E-state index contributed by atoms with van der Waals surface area (Å²) in [6, 6.07) is 7.88. The van der Waals surface area contributed by atoms with E-state index in [1.54, 1.807) is 11.8 Å². The summed E-state index contributed by atoms with van der Waals surface area (Å²) >= 11 is 1.58. The smallest absolute Gasteiger partial charge is 0.256 e. The summed E-state index contributed by atoms with van der Waals surface area (Å²) in [7, 11) is 0. The van der Waals surface area contributed by atoms with Gasteiger partial charge in [-0.1, -0.05) is 17.8 Å². The molecule has 3 nitrogen and oxygen atoms in total. The SMILES string of the molecule is Cc1cc(C#N)ccc1CSc1nc(C)c(C)o1. The Kier molecular flexibility index (Phi) is 3.73. The fourth-order valence-corrected chi connectivity index (χ4v) is 2.56. The average molecular weight is 258 g/mol. The van der Waals surface area contributed by atoms with Gasteiger partial charge < -0.3 is 4.42 Å². The fourth-order valence-electron chi connectivity index (χ4n) is 1.57. The molecule has 0 unspecified atom stereocenters. The van der Waals surface area contributed by atoms with Crippen LogP contribution in [0.2, 0.25) is 0 Å². The van der Waals surface area contributed by atoms with Crippen LogP contribution in [0, 0.1) is 32.1 Å². The highest BCUT2D eigenvalue weighted by Crippen LogP contribution is 2.25. The summed E-state index contributed by atoms with van der Waals surface area (Å²) < 4.78 is 5.52. The Morgan fingerprint density at radius 2 is 2.11 bits per heavy atom. The van der Waals surface area contributed by atoms with Crippen LogP contribution in [0.5, 0.6) is 0 Å². The van der Waals surface area contributed by atoms with Crippen molar-refractivity contribution in [2.24, 2.45) is 0 Å². The predicted molar refractivity (Wildman–Crippen MR) is 71.4 cm³/mol. The van der Waals surface area contributed by atoms with Gasteiger partial charge in [0, 0.05) is 5.75 Å². The maximum Gasteiger partial charge on any atom is 0.256 e. The average Bonchev–Trinajstić information content (AvgIpc) is 2.67. The Morgan fingerprint density at radius 1 is 1.33 bits per heavy atom. The van der Waals surface area contributed by atoms with E-state index in [-0.39, 0.29) is 0 Å². The van der Waals surface area contributed by atoms with Gasteiger partial charge in [0.25, 0.3) is 5.22 Å². The predicted octanol–water partition coefficient (Wildman–Crippen LogP) is 3.76. The lowest BCUT2D eigenvalue weighted by molar-refractivity contribution is 0.431. The van der Waals surface area contributed by atoms with Gasteiger partial charge in [0.2, 0.25) is 0 Å². The van der Waals surface area contributed by atoms with Gasteiger partial charge in [0.1, 0.15) is 5.76 Å². The Hall–Kier alpha value is -1.73. The lowest BCUT2D eigenvalue weighted by Crippen LogP contribution is -1.88. The molecule has 0 saturated carbocycles. The zero-order valence-electron chi connectivity index (χ0n) is 10.7. The first-order valence-electron chi connectivity index (χ1n) is 5.66. The fraction of sp³-hybridized carbons (Fsp3) is 0.286. The van der Waals surface area contributed by atoms with Gasteiger partial charge in [0.05, 0.1) is 17.3 Å². The van der Waals surface area contributed by atoms with Crippen LogP contribution >= 0.6 is 11.8 Å². The number of hydrogen-bond donors (Lipinski definition) is 0. The van der Waals surface area contributed by atoms with Crippen molar-refractivity contribution in [1.82, 2.24) is 4.98 Å². The van der Waals surface area contributed by atoms with E-state index in [1.807, 2.05) is 39.0 Å². The van der Waals surface area contributed by atoms with Crippen molar-refractivity contribution >= 4 is 11.8 Å². The number of aryl methyl sites for hydroxylation is 3. The molecule has 2 aromatic rings. The Bertz CT molecular complexity index is 591. The number of thioether (sulfide) groups is 1. The molecule has 0 aliphatic rings. The van der Waals surface area contributed by atoms with Crippen LogP contribution in [0.3, 0.4) is 0 Å². The minimum absolute atomic E-state index is 0.698. The van der Waals surface area contributed by atoms with Crippen LogP contribution in [0.4, 0.5) is 0 Å². The minimum Gasteiger partial charge on any atom is -0.437 e. The first-order chi connectivity index (χ1) is 8.60. The molecule has 0 fully saturated rings. The summed E-state index contributed by atoms with van der Waals surface area (Å²) in [5, 5.41) is 9.52. The Morgan fingerprint density at radius 3 is 2.67 bits per heavy atom. The summed E-state index contributed by atoms with van der Waals surface area (Å²) in [5.74, 6) is 1.67. The molecule has 0 radical (unpaired) electrons. The molecule has 1 aromatic heterocycles. The third-order valence-electron chi connectivity index (χ3n) is 2.83. The van der Waals surface area contributed by atoms with Crippen molar-refractivity contribution in [3.05, 3.63) is 46.3 Å². The van der Waals surface area contributed by atoms with Crippen LogP contribution in [-0.4, -0.2) is 4.98 Å². The molecule has 0 spiro atoms. The third kappa shape index (κ3) is 2.74. The quantitative estimate of drug-likeness (QED) is 0.786. The highest BCUT2D eigenvalue weighted by Gasteiger charge is 2.07. The minimum atomic E-state index is 0.698. The third-order valence-corrected chi connectivity index (χ3v) is 3.71. The standard InChI is InChI=1S/C14H14N2OS/c1-9-6-12(7-15)4-5-13(9)8-18-14-16-10(2)11(3)17-14/h4-6H,8H2,1-3H3. The Balaban J connectivity index is 2.09. The van der Waals surface area contributed by atoms with Crippen molar-refractivity contribution in [3.8, 4) is 6.07 Å². The van der Waals surface area contributed by atoms with E-state index in [4.69, 9.17) is 9.68 Å². The lowest BCUT2D eigenvalue weighted by atomic mass is 10.1. The van der Waals surface area contributed by atoms with E-state index in [1.165, 1.54) is 5.56 Å². The number of oxazole rings is 1. The molecule has 1 aromatic carbocycles. The summed E-state index contributed by atoms with van der Waals surface area (Å²) in [5.41, 5.74) is 3.96. The first kappa shape index (κ1) is 12.7. The van der Waals surface area contributed by atoms with E-state index in [0.717, 1.165) is 22.8 Å². The highest BCUT2D eigenvalue weighted by atomic mass is 32.2. The van der Waals surface area contributed by atoms with E-state index >= 15 is 0 Å². The molecule has 0 aliphatic carbocycles. The van der Waals surface area contributed by atoms with E-state index in [0.29, 0.717) is 10.8 Å². The van der Waals surface area contributed by atoms with E-state index in [9.17, 15) is 0 Å². The highest BCUT2D eigenvalue weighted by molar-refractivity contribution is 7.98. The van der Waals surface area contributed by atoms with Crippen LogP contribution < -0.4 is 0 Å². The molecule has 0 saturated heterocycles. The van der Waals surface area contributed by atoms with Gasteiger partial charge in [-0.25, -0.2) is 4.98 Å². The zero-order valence-corrected chi connectivity index (χ0v) is 11.5. The largest absolute Gasteiger partial charge is 0.437 e. The van der Waals surface area contributed by atoms with Crippen molar-refractivity contribution in [1.29, 1.82) is 5.26 Å². The molecule has 0 aliphatic heterocycles. The second kappa shape index (κ2) is 5.28. The number of nitrogens with zero attached hydrogens (tertiary/aromatic N) is 2. The molecular weight excluding hydrogens is 244 g/mol. The maximum absolute atomic E-state index is 8.81. The summed E-state index contributed by atoms with van der Waals surface area (Å²) in [6.07, 6.45) is 0. The van der Waals surface area contributed by atoms with Gasteiger partial charge in [0.15, 0.2) is 0 Å². The normalized spacial score (nSPS) is 10.3. The summed E-state index contributed by atoms with van der Waals surface area (Å²) in [4.78, 5) is 4.33. The van der Waals surface area contributed by atoms with Crippen molar-refractivity contribution in [3.63, 3.8) is 0 Å². The molecular formula is C14H14N2OS. The zero-order chi connectivity index (χ0) is 13.1. The van der Waals surface area contributed by atoms with Gasteiger partial charge in [-0.15, -0.1) is 0 Å². The molecule has 4 heteroatoms. The number of aromatic nitrogens is 1. The van der Waals surface area contributed by atoms with Gasteiger partial charge in [-0.2, -0.15) is 5.26 Å². The second-order valence-electron chi connectivity index (χ2n) is 4.16. The van der Waals surface area contributed by atoms with Crippen LogP contribution in [0.15, 0.2) is 27.8 Å². The molecule has 0 amide bonds. The molecule has 18 heavy (non-hydrogen) atoms. The van der Waals surface area contributed by atoms with Crippen molar-refractivity contribution in [2.75, 3.05) is 0 Å². The van der Waals surface area contributed by atoms with Crippen molar-refractivity contribution in [2.45, 2.75) is 31.7 Å². The molecule has 1 heterocycles. The number of hydrogen-bond acceptors (Lipinski definition) is 4. The molecule has 2 rings (SSSR count). The monoisotopic (exact) mass is 258 g/mol. The molecule has 0 N–H and O–H groups in total. The molecule has 0 atom stereocenters. The van der Waals surface area contributed by atoms with E-state index in [2.05, 4.69) is 11.1 Å².